The molecule has 0 amide bonds. The molecule has 1 unspecified atom stereocenters. The summed E-state index contributed by atoms with van der Waals surface area (Å²) in [4.78, 5) is 11.7. The molecule has 1 fully saturated rings. The molecule has 0 radical (unpaired) electrons. The highest BCUT2D eigenvalue weighted by atomic mass is 16.5. The highest BCUT2D eigenvalue weighted by Crippen LogP contribution is 2.38. The second-order valence-corrected chi connectivity index (χ2v) is 6.02. The van der Waals surface area contributed by atoms with Gasteiger partial charge >= 0.3 is 0 Å². The summed E-state index contributed by atoms with van der Waals surface area (Å²) in [6, 6.07) is 3.99. The van der Waals surface area contributed by atoms with E-state index in [0.717, 1.165) is 5.69 Å². The minimum atomic E-state index is 0.0216. The van der Waals surface area contributed by atoms with Crippen LogP contribution < -0.4 is 10.9 Å². The largest absolute Gasteiger partial charge is 0.383 e. The maximum absolute atomic E-state index is 11.7. The van der Waals surface area contributed by atoms with Crippen molar-refractivity contribution in [2.75, 3.05) is 19.0 Å². The predicted molar refractivity (Wildman–Crippen MR) is 77.6 cm³/mol. The Bertz CT molecular complexity index is 479. The Morgan fingerprint density at radius 3 is 2.89 bits per heavy atom. The van der Waals surface area contributed by atoms with Gasteiger partial charge in [-0.15, -0.1) is 0 Å². The topological polar surface area (TPSA) is 43.3 Å². The average Bonchev–Trinajstić information content (AvgIpc) is 2.69. The van der Waals surface area contributed by atoms with E-state index >= 15 is 0 Å². The third-order valence-corrected chi connectivity index (χ3v) is 4.12. The standard InChI is InChI=1S/C15H24N2O2/c1-15(2)8-4-5-13(15)16-12-6-7-14(18)17(11-12)9-10-19-3/h6-7,11,13,16H,4-5,8-10H2,1-3H3. The first kappa shape index (κ1) is 14.1. The second-order valence-electron chi connectivity index (χ2n) is 6.02. The lowest BCUT2D eigenvalue weighted by atomic mass is 9.87. The molecule has 2 rings (SSSR count). The van der Waals surface area contributed by atoms with Crippen LogP contribution in [0.4, 0.5) is 5.69 Å². The number of rotatable bonds is 5. The molecular formula is C15H24N2O2. The molecule has 1 saturated carbocycles. The van der Waals surface area contributed by atoms with Crippen LogP contribution in [0.2, 0.25) is 0 Å². The molecule has 19 heavy (non-hydrogen) atoms. The Balaban J connectivity index is 2.10. The van der Waals surface area contributed by atoms with Gasteiger partial charge in [0.1, 0.15) is 0 Å². The molecule has 1 aromatic rings. The van der Waals surface area contributed by atoms with E-state index in [9.17, 15) is 4.79 Å². The van der Waals surface area contributed by atoms with Gasteiger partial charge in [0.05, 0.1) is 12.3 Å². The van der Waals surface area contributed by atoms with Crippen LogP contribution in [0.15, 0.2) is 23.1 Å². The minimum absolute atomic E-state index is 0.0216. The summed E-state index contributed by atoms with van der Waals surface area (Å²) in [5, 5.41) is 3.57. The zero-order valence-electron chi connectivity index (χ0n) is 12.1. The van der Waals surface area contributed by atoms with Crippen LogP contribution in [0.1, 0.15) is 33.1 Å². The molecule has 106 valence electrons. The number of aromatic nitrogens is 1. The highest BCUT2D eigenvalue weighted by Gasteiger charge is 2.34. The molecule has 4 nitrogen and oxygen atoms in total. The molecule has 0 spiro atoms. The van der Waals surface area contributed by atoms with Crippen LogP contribution in [0.25, 0.3) is 0 Å². The van der Waals surface area contributed by atoms with Gasteiger partial charge in [0.15, 0.2) is 0 Å². The van der Waals surface area contributed by atoms with E-state index in [1.165, 1.54) is 19.3 Å². The number of hydrogen-bond donors (Lipinski definition) is 1. The number of nitrogens with zero attached hydrogens (tertiary/aromatic N) is 1. The molecule has 1 aliphatic rings. The number of nitrogens with one attached hydrogen (secondary N) is 1. The third kappa shape index (κ3) is 3.38. The molecular weight excluding hydrogens is 240 g/mol. The summed E-state index contributed by atoms with van der Waals surface area (Å²) < 4.78 is 6.73. The summed E-state index contributed by atoms with van der Waals surface area (Å²) in [6.45, 7) is 5.76. The number of methoxy groups -OCH3 is 1. The van der Waals surface area contributed by atoms with Gasteiger partial charge < -0.3 is 14.6 Å². The molecule has 1 aliphatic carbocycles. The zero-order valence-corrected chi connectivity index (χ0v) is 12.1. The molecule has 0 aromatic carbocycles. The maximum atomic E-state index is 11.7. The van der Waals surface area contributed by atoms with Gasteiger partial charge in [0.25, 0.3) is 5.56 Å². The van der Waals surface area contributed by atoms with E-state index in [1.807, 2.05) is 12.3 Å². The fourth-order valence-corrected chi connectivity index (χ4v) is 2.78. The van der Waals surface area contributed by atoms with Gasteiger partial charge in [-0.05, 0) is 24.3 Å². The van der Waals surface area contributed by atoms with Crippen molar-refractivity contribution in [3.05, 3.63) is 28.7 Å². The van der Waals surface area contributed by atoms with Crippen molar-refractivity contribution in [3.8, 4) is 0 Å². The number of ether oxygens (including phenoxy) is 1. The van der Waals surface area contributed by atoms with E-state index in [0.29, 0.717) is 24.6 Å². The van der Waals surface area contributed by atoms with Gasteiger partial charge in [0.2, 0.25) is 0 Å². The van der Waals surface area contributed by atoms with Crippen LogP contribution in [-0.2, 0) is 11.3 Å². The van der Waals surface area contributed by atoms with Gasteiger partial charge in [-0.3, -0.25) is 4.79 Å². The first-order chi connectivity index (χ1) is 9.03. The normalized spacial score (nSPS) is 21.5. The Morgan fingerprint density at radius 2 is 2.26 bits per heavy atom. The Labute approximate surface area is 114 Å². The monoisotopic (exact) mass is 264 g/mol. The van der Waals surface area contributed by atoms with E-state index < -0.39 is 0 Å². The zero-order chi connectivity index (χ0) is 13.9. The molecule has 0 saturated heterocycles. The van der Waals surface area contributed by atoms with Crippen molar-refractivity contribution in [2.45, 2.75) is 45.7 Å². The summed E-state index contributed by atoms with van der Waals surface area (Å²) in [7, 11) is 1.65. The van der Waals surface area contributed by atoms with Crippen molar-refractivity contribution in [2.24, 2.45) is 5.41 Å². The fourth-order valence-electron chi connectivity index (χ4n) is 2.78. The van der Waals surface area contributed by atoms with Crippen LogP contribution in [0, 0.1) is 5.41 Å². The van der Waals surface area contributed by atoms with Gasteiger partial charge in [-0.25, -0.2) is 0 Å². The first-order valence-electron chi connectivity index (χ1n) is 6.99. The SMILES string of the molecule is COCCn1cc(NC2CCCC2(C)C)ccc1=O. The van der Waals surface area contributed by atoms with Crippen LogP contribution in [-0.4, -0.2) is 24.3 Å². The lowest BCUT2D eigenvalue weighted by Crippen LogP contribution is -2.31. The predicted octanol–water partition coefficient (Wildman–Crippen LogP) is 2.49. The number of anilines is 1. The molecule has 1 atom stereocenters. The molecule has 0 aliphatic heterocycles. The van der Waals surface area contributed by atoms with Gasteiger partial charge in [-0.1, -0.05) is 20.3 Å². The lowest BCUT2D eigenvalue weighted by molar-refractivity contribution is 0.186. The van der Waals surface area contributed by atoms with E-state index in [1.54, 1.807) is 17.7 Å². The number of pyridine rings is 1. The maximum Gasteiger partial charge on any atom is 0.250 e. The van der Waals surface area contributed by atoms with Gasteiger partial charge in [0, 0.05) is 32.0 Å². The Morgan fingerprint density at radius 1 is 1.47 bits per heavy atom. The van der Waals surface area contributed by atoms with Crippen molar-refractivity contribution in [1.29, 1.82) is 0 Å². The first-order valence-corrected chi connectivity index (χ1v) is 6.99. The highest BCUT2D eigenvalue weighted by molar-refractivity contribution is 5.42. The van der Waals surface area contributed by atoms with E-state index in [2.05, 4.69) is 19.2 Å². The molecule has 1 N–H and O–H groups in total. The average molecular weight is 264 g/mol. The van der Waals surface area contributed by atoms with Crippen molar-refractivity contribution >= 4 is 5.69 Å². The third-order valence-electron chi connectivity index (χ3n) is 4.12. The second kappa shape index (κ2) is 5.78. The van der Waals surface area contributed by atoms with Crippen molar-refractivity contribution in [1.82, 2.24) is 4.57 Å². The summed E-state index contributed by atoms with van der Waals surface area (Å²) in [5.74, 6) is 0. The molecule has 1 heterocycles. The quantitative estimate of drug-likeness (QED) is 0.888. The molecule has 1 aromatic heterocycles. The van der Waals surface area contributed by atoms with Crippen molar-refractivity contribution < 1.29 is 4.74 Å². The number of hydrogen-bond acceptors (Lipinski definition) is 3. The van der Waals surface area contributed by atoms with E-state index in [-0.39, 0.29) is 5.56 Å². The van der Waals surface area contributed by atoms with Crippen LogP contribution in [0.3, 0.4) is 0 Å². The summed E-state index contributed by atoms with van der Waals surface area (Å²) >= 11 is 0. The van der Waals surface area contributed by atoms with Crippen molar-refractivity contribution in [3.63, 3.8) is 0 Å². The minimum Gasteiger partial charge on any atom is -0.383 e. The smallest absolute Gasteiger partial charge is 0.250 e. The fraction of sp³-hybridized carbons (Fsp3) is 0.667. The molecule has 4 heteroatoms. The van der Waals surface area contributed by atoms with E-state index in [4.69, 9.17) is 4.74 Å². The summed E-state index contributed by atoms with van der Waals surface area (Å²) in [6.07, 6.45) is 5.63. The van der Waals surface area contributed by atoms with Crippen LogP contribution in [0.5, 0.6) is 0 Å². The summed E-state index contributed by atoms with van der Waals surface area (Å²) in [5.41, 5.74) is 1.37. The molecule has 0 bridgehead atoms. The Kier molecular flexibility index (Phi) is 4.30. The lowest BCUT2D eigenvalue weighted by Gasteiger charge is -2.28. The van der Waals surface area contributed by atoms with Crippen LogP contribution >= 0.6 is 0 Å². The van der Waals surface area contributed by atoms with Gasteiger partial charge in [-0.2, -0.15) is 0 Å². The Hall–Kier alpha value is -1.29.